The summed E-state index contributed by atoms with van der Waals surface area (Å²) in [5, 5.41) is 7.47. The van der Waals surface area contributed by atoms with Gasteiger partial charge in [0.15, 0.2) is 0 Å². The van der Waals surface area contributed by atoms with Crippen molar-refractivity contribution in [2.75, 3.05) is 0 Å². The van der Waals surface area contributed by atoms with Crippen molar-refractivity contribution < 1.29 is 0 Å². The molecule has 0 amide bonds. The summed E-state index contributed by atoms with van der Waals surface area (Å²) in [6.07, 6.45) is 3.59. The monoisotopic (exact) mass is 308 g/mol. The van der Waals surface area contributed by atoms with Crippen LogP contribution in [0.15, 0.2) is 42.5 Å². The summed E-state index contributed by atoms with van der Waals surface area (Å²) in [6.45, 7) is 3.11. The molecule has 0 aliphatic heterocycles. The molecule has 2 aromatic carbocycles. The third-order valence-electron chi connectivity index (χ3n) is 4.29. The largest absolute Gasteiger partial charge is 0.309 e. The highest BCUT2D eigenvalue weighted by Crippen LogP contribution is 2.26. The molecule has 1 N–H and O–H groups in total. The molecule has 112 valence electrons. The highest BCUT2D eigenvalue weighted by atomic mass is 32.1. The highest BCUT2D eigenvalue weighted by molar-refractivity contribution is 7.11. The second-order valence-corrected chi connectivity index (χ2v) is 7.25. The molecular weight excluding hydrogens is 288 g/mol. The maximum absolute atomic E-state index is 4.79. The molecular formula is C19H20N2S. The van der Waals surface area contributed by atoms with Gasteiger partial charge in [0, 0.05) is 23.9 Å². The van der Waals surface area contributed by atoms with Gasteiger partial charge in [-0.1, -0.05) is 42.5 Å². The number of thiazole rings is 1. The van der Waals surface area contributed by atoms with Gasteiger partial charge in [0.2, 0.25) is 0 Å². The first kappa shape index (κ1) is 13.9. The van der Waals surface area contributed by atoms with Crippen molar-refractivity contribution in [1.29, 1.82) is 0 Å². The lowest BCUT2D eigenvalue weighted by atomic mass is 10.0. The number of benzene rings is 2. The van der Waals surface area contributed by atoms with Crippen molar-refractivity contribution >= 4 is 22.1 Å². The van der Waals surface area contributed by atoms with Crippen LogP contribution < -0.4 is 5.32 Å². The van der Waals surface area contributed by atoms with Crippen molar-refractivity contribution in [1.82, 2.24) is 10.3 Å². The molecule has 1 aliphatic rings. The fourth-order valence-electron chi connectivity index (χ4n) is 2.86. The van der Waals surface area contributed by atoms with Crippen molar-refractivity contribution in [3.63, 3.8) is 0 Å². The summed E-state index contributed by atoms with van der Waals surface area (Å²) in [5.74, 6) is 0. The quantitative estimate of drug-likeness (QED) is 0.753. The van der Waals surface area contributed by atoms with Crippen LogP contribution in [0.25, 0.3) is 10.8 Å². The number of rotatable bonds is 5. The standard InChI is InChI=1S/C19H20N2S/c1-13-18(12-20-16-9-10-16)22-19(21-13)11-15-7-4-6-14-5-2-3-8-17(14)15/h2-8,16,20H,9-12H2,1H3. The van der Waals surface area contributed by atoms with Crippen LogP contribution in [0, 0.1) is 6.92 Å². The summed E-state index contributed by atoms with van der Waals surface area (Å²) in [4.78, 5) is 6.18. The van der Waals surface area contributed by atoms with Gasteiger partial charge in [-0.2, -0.15) is 0 Å². The zero-order valence-electron chi connectivity index (χ0n) is 12.8. The van der Waals surface area contributed by atoms with Gasteiger partial charge in [0.25, 0.3) is 0 Å². The van der Waals surface area contributed by atoms with Gasteiger partial charge in [-0.15, -0.1) is 11.3 Å². The van der Waals surface area contributed by atoms with Gasteiger partial charge < -0.3 is 5.32 Å². The third-order valence-corrected chi connectivity index (χ3v) is 5.44. The van der Waals surface area contributed by atoms with Crippen molar-refractivity contribution in [3.05, 3.63) is 63.6 Å². The van der Waals surface area contributed by atoms with Crippen LogP contribution in [-0.2, 0) is 13.0 Å². The van der Waals surface area contributed by atoms with Crippen LogP contribution in [0.5, 0.6) is 0 Å². The summed E-state index contributed by atoms with van der Waals surface area (Å²) in [5.41, 5.74) is 2.56. The van der Waals surface area contributed by atoms with Crippen LogP contribution in [0.1, 0.15) is 34.0 Å². The summed E-state index contributed by atoms with van der Waals surface area (Å²) >= 11 is 1.86. The Morgan fingerprint density at radius 3 is 2.82 bits per heavy atom. The van der Waals surface area contributed by atoms with E-state index in [2.05, 4.69) is 54.7 Å². The fraction of sp³-hybridized carbons (Fsp3) is 0.316. The van der Waals surface area contributed by atoms with E-state index in [0.29, 0.717) is 0 Å². The lowest BCUT2D eigenvalue weighted by Crippen LogP contribution is -2.14. The van der Waals surface area contributed by atoms with Crippen LogP contribution in [-0.4, -0.2) is 11.0 Å². The molecule has 3 heteroatoms. The SMILES string of the molecule is Cc1nc(Cc2cccc3ccccc23)sc1CNC1CC1. The number of hydrogen-bond donors (Lipinski definition) is 1. The van der Waals surface area contributed by atoms with Crippen molar-refractivity contribution in [2.45, 2.75) is 38.8 Å². The molecule has 0 unspecified atom stereocenters. The van der Waals surface area contributed by atoms with E-state index in [1.807, 2.05) is 11.3 Å². The van der Waals surface area contributed by atoms with E-state index < -0.39 is 0 Å². The average molecular weight is 308 g/mol. The molecule has 0 spiro atoms. The van der Waals surface area contributed by atoms with Gasteiger partial charge >= 0.3 is 0 Å². The summed E-state index contributed by atoms with van der Waals surface area (Å²) < 4.78 is 0. The molecule has 1 aromatic heterocycles. The molecule has 1 fully saturated rings. The minimum Gasteiger partial charge on any atom is -0.309 e. The average Bonchev–Trinajstić information content (AvgIpc) is 3.30. The number of nitrogens with one attached hydrogen (secondary N) is 1. The van der Waals surface area contributed by atoms with E-state index in [0.717, 1.165) is 19.0 Å². The van der Waals surface area contributed by atoms with E-state index in [1.165, 1.54) is 44.8 Å². The lowest BCUT2D eigenvalue weighted by Gasteiger charge is -2.04. The Bertz CT molecular complexity index is 797. The molecule has 1 aliphatic carbocycles. The molecule has 3 aromatic rings. The first-order valence-electron chi connectivity index (χ1n) is 7.95. The zero-order chi connectivity index (χ0) is 14.9. The molecule has 4 rings (SSSR count). The Hall–Kier alpha value is -1.71. The third kappa shape index (κ3) is 2.92. The van der Waals surface area contributed by atoms with Gasteiger partial charge in [0.1, 0.15) is 0 Å². The Kier molecular flexibility index (Phi) is 3.68. The number of aromatic nitrogens is 1. The number of aryl methyl sites for hydroxylation is 1. The second kappa shape index (κ2) is 5.82. The van der Waals surface area contributed by atoms with Crippen LogP contribution in [0.3, 0.4) is 0 Å². The van der Waals surface area contributed by atoms with Crippen LogP contribution >= 0.6 is 11.3 Å². The van der Waals surface area contributed by atoms with Gasteiger partial charge in [-0.25, -0.2) is 4.98 Å². The normalized spacial score (nSPS) is 14.6. The Balaban J connectivity index is 1.58. The van der Waals surface area contributed by atoms with Gasteiger partial charge in [-0.05, 0) is 36.1 Å². The van der Waals surface area contributed by atoms with Gasteiger partial charge in [0.05, 0.1) is 10.7 Å². The Morgan fingerprint density at radius 2 is 1.95 bits per heavy atom. The summed E-state index contributed by atoms with van der Waals surface area (Å²) in [7, 11) is 0. The molecule has 2 nitrogen and oxygen atoms in total. The van der Waals surface area contributed by atoms with E-state index in [-0.39, 0.29) is 0 Å². The van der Waals surface area contributed by atoms with Crippen molar-refractivity contribution in [3.8, 4) is 0 Å². The minimum absolute atomic E-state index is 0.753. The molecule has 1 saturated carbocycles. The molecule has 1 heterocycles. The summed E-state index contributed by atoms with van der Waals surface area (Å²) in [6, 6.07) is 15.9. The number of fused-ring (bicyclic) bond motifs is 1. The predicted octanol–water partition coefficient (Wildman–Crippen LogP) is 4.45. The molecule has 22 heavy (non-hydrogen) atoms. The van der Waals surface area contributed by atoms with E-state index in [9.17, 15) is 0 Å². The molecule has 0 saturated heterocycles. The van der Waals surface area contributed by atoms with Gasteiger partial charge in [-0.3, -0.25) is 0 Å². The first-order chi connectivity index (χ1) is 10.8. The van der Waals surface area contributed by atoms with Crippen LogP contribution in [0.2, 0.25) is 0 Å². The zero-order valence-corrected chi connectivity index (χ0v) is 13.6. The maximum atomic E-state index is 4.79. The number of hydrogen-bond acceptors (Lipinski definition) is 3. The maximum Gasteiger partial charge on any atom is 0.0975 e. The van der Waals surface area contributed by atoms with E-state index in [1.54, 1.807) is 0 Å². The van der Waals surface area contributed by atoms with Crippen molar-refractivity contribution in [2.24, 2.45) is 0 Å². The van der Waals surface area contributed by atoms with Crippen LogP contribution in [0.4, 0.5) is 0 Å². The van der Waals surface area contributed by atoms with E-state index in [4.69, 9.17) is 4.98 Å². The Morgan fingerprint density at radius 1 is 1.14 bits per heavy atom. The second-order valence-electron chi connectivity index (χ2n) is 6.09. The predicted molar refractivity (Wildman–Crippen MR) is 93.5 cm³/mol. The lowest BCUT2D eigenvalue weighted by molar-refractivity contribution is 0.691. The highest BCUT2D eigenvalue weighted by Gasteiger charge is 2.21. The number of nitrogens with zero attached hydrogens (tertiary/aromatic N) is 1. The van der Waals surface area contributed by atoms with E-state index >= 15 is 0 Å². The Labute approximate surface area is 135 Å². The minimum atomic E-state index is 0.753. The first-order valence-corrected chi connectivity index (χ1v) is 8.76. The fourth-order valence-corrected chi connectivity index (χ4v) is 3.91. The molecule has 0 radical (unpaired) electrons. The smallest absolute Gasteiger partial charge is 0.0975 e. The topological polar surface area (TPSA) is 24.9 Å². The molecule has 0 atom stereocenters. The molecule has 0 bridgehead atoms.